The van der Waals surface area contributed by atoms with E-state index < -0.39 is 23.7 Å². The fourth-order valence-electron chi connectivity index (χ4n) is 5.10. The van der Waals surface area contributed by atoms with Crippen LogP contribution in [0.3, 0.4) is 0 Å². The second-order valence-electron chi connectivity index (χ2n) is 10.5. The van der Waals surface area contributed by atoms with Gasteiger partial charge in [-0.05, 0) is 75.6 Å². The van der Waals surface area contributed by atoms with Gasteiger partial charge in [-0.1, -0.05) is 58.4 Å². The van der Waals surface area contributed by atoms with Gasteiger partial charge in [0.2, 0.25) is 5.91 Å². The molecule has 1 aliphatic carbocycles. The highest BCUT2D eigenvalue weighted by atomic mass is 79.9. The first-order valence-electron chi connectivity index (χ1n) is 12.4. The van der Waals surface area contributed by atoms with Crippen LogP contribution in [0, 0.1) is 5.92 Å². The highest BCUT2D eigenvalue weighted by molar-refractivity contribution is 9.10. The molecule has 1 N–H and O–H groups in total. The lowest BCUT2D eigenvalue weighted by molar-refractivity contribution is -0.135. The van der Waals surface area contributed by atoms with Crippen LogP contribution >= 0.6 is 15.9 Å². The van der Waals surface area contributed by atoms with E-state index in [4.69, 9.17) is 9.47 Å². The smallest absolute Gasteiger partial charge is 0.416 e. The van der Waals surface area contributed by atoms with Crippen LogP contribution in [0.5, 0.6) is 0 Å². The lowest BCUT2D eigenvalue weighted by atomic mass is 9.72. The summed E-state index contributed by atoms with van der Waals surface area (Å²) < 4.78 is 11.7. The number of imide groups is 1. The number of cyclic esters (lactones) is 1. The summed E-state index contributed by atoms with van der Waals surface area (Å²) in [6, 6.07) is 17.2. The van der Waals surface area contributed by atoms with Crippen molar-refractivity contribution in [3.8, 4) is 0 Å². The van der Waals surface area contributed by atoms with E-state index in [0.29, 0.717) is 25.7 Å². The fourth-order valence-corrected chi connectivity index (χ4v) is 5.36. The van der Waals surface area contributed by atoms with Crippen LogP contribution in [0.1, 0.15) is 57.1 Å². The van der Waals surface area contributed by atoms with Crippen molar-refractivity contribution in [3.63, 3.8) is 0 Å². The van der Waals surface area contributed by atoms with Crippen molar-refractivity contribution in [3.05, 3.63) is 70.2 Å². The molecule has 0 unspecified atom stereocenters. The molecule has 2 aliphatic rings. The van der Waals surface area contributed by atoms with Crippen LogP contribution in [0.25, 0.3) is 0 Å². The molecule has 2 aromatic carbocycles. The molecule has 2 aromatic rings. The summed E-state index contributed by atoms with van der Waals surface area (Å²) in [5.41, 5.74) is 1.46. The van der Waals surface area contributed by atoms with Gasteiger partial charge >= 0.3 is 12.2 Å². The molecule has 36 heavy (non-hydrogen) atoms. The van der Waals surface area contributed by atoms with Crippen LogP contribution in [0.2, 0.25) is 0 Å². The van der Waals surface area contributed by atoms with Gasteiger partial charge in [-0.25, -0.2) is 14.5 Å². The predicted molar refractivity (Wildman–Crippen MR) is 140 cm³/mol. The van der Waals surface area contributed by atoms with E-state index in [1.165, 1.54) is 4.90 Å². The van der Waals surface area contributed by atoms with Crippen LogP contribution in [-0.4, -0.2) is 47.3 Å². The molecule has 0 radical (unpaired) electrons. The molecule has 2 fully saturated rings. The third-order valence-corrected chi connectivity index (χ3v) is 7.23. The monoisotopic (exact) mass is 556 g/mol. The van der Waals surface area contributed by atoms with Crippen molar-refractivity contribution in [1.82, 2.24) is 10.2 Å². The fraction of sp³-hybridized carbons (Fsp3) is 0.464. The Kier molecular flexibility index (Phi) is 8.03. The molecule has 1 saturated carbocycles. The number of rotatable bonds is 5. The normalized spacial score (nSPS) is 24.2. The molecule has 0 aromatic heterocycles. The zero-order chi connectivity index (χ0) is 25.9. The molecule has 7 nitrogen and oxygen atoms in total. The molecule has 1 aliphatic heterocycles. The van der Waals surface area contributed by atoms with E-state index in [2.05, 4.69) is 21.2 Å². The van der Waals surface area contributed by atoms with E-state index in [0.717, 1.165) is 15.6 Å². The first-order valence-corrected chi connectivity index (χ1v) is 13.2. The zero-order valence-corrected chi connectivity index (χ0v) is 22.5. The number of nitrogens with one attached hydrogen (secondary N) is 1. The number of carbonyl (C=O) groups is 3. The van der Waals surface area contributed by atoms with Gasteiger partial charge in [0.25, 0.3) is 0 Å². The van der Waals surface area contributed by atoms with Crippen LogP contribution in [0.4, 0.5) is 9.59 Å². The SMILES string of the molecule is CC(C)(C)OC(=O)N[C@@H]1CC[C@@H](C(=O)N2C(=O)OC[C@H]2Cc2ccccc2)[C@H](c2ccc(Br)cc2)C1. The standard InChI is InChI=1S/C28H33BrN2O5/c1-28(2,3)36-26(33)30-21-13-14-23(24(16-21)19-9-11-20(29)12-10-19)25(32)31-22(17-35-27(31)34)15-18-7-5-4-6-8-18/h4-12,21-24H,13-17H2,1-3H3,(H,30,33)/t21-,22-,23-,24+/m1/s1. The van der Waals surface area contributed by atoms with Crippen molar-refractivity contribution in [2.24, 2.45) is 5.92 Å². The zero-order valence-electron chi connectivity index (χ0n) is 20.9. The average molecular weight is 557 g/mol. The third-order valence-electron chi connectivity index (χ3n) is 6.70. The maximum atomic E-state index is 13.9. The number of nitrogens with zero attached hydrogens (tertiary/aromatic N) is 1. The Bertz CT molecular complexity index is 1080. The molecule has 1 heterocycles. The first kappa shape index (κ1) is 26.2. The number of ether oxygens (including phenoxy) is 2. The molecule has 4 atom stereocenters. The number of hydrogen-bond donors (Lipinski definition) is 1. The van der Waals surface area contributed by atoms with E-state index in [9.17, 15) is 14.4 Å². The van der Waals surface area contributed by atoms with Gasteiger partial charge in [-0.15, -0.1) is 0 Å². The highest BCUT2D eigenvalue weighted by Crippen LogP contribution is 2.40. The Labute approximate surface area is 220 Å². The third kappa shape index (κ3) is 6.46. The predicted octanol–water partition coefficient (Wildman–Crippen LogP) is 5.82. The maximum Gasteiger partial charge on any atom is 0.416 e. The quantitative estimate of drug-likeness (QED) is 0.501. The minimum Gasteiger partial charge on any atom is -0.447 e. The van der Waals surface area contributed by atoms with Crippen molar-refractivity contribution in [1.29, 1.82) is 0 Å². The van der Waals surface area contributed by atoms with Crippen molar-refractivity contribution < 1.29 is 23.9 Å². The van der Waals surface area contributed by atoms with Crippen molar-refractivity contribution in [2.45, 2.75) is 70.1 Å². The van der Waals surface area contributed by atoms with Crippen molar-refractivity contribution >= 4 is 34.0 Å². The molecule has 1 saturated heterocycles. The molecule has 0 spiro atoms. The lowest BCUT2D eigenvalue weighted by Gasteiger charge is -2.38. The summed E-state index contributed by atoms with van der Waals surface area (Å²) in [6.07, 6.45) is 1.25. The topological polar surface area (TPSA) is 84.9 Å². The number of amides is 3. The largest absolute Gasteiger partial charge is 0.447 e. The number of alkyl carbamates (subject to hydrolysis) is 1. The van der Waals surface area contributed by atoms with Gasteiger partial charge in [-0.2, -0.15) is 0 Å². The summed E-state index contributed by atoms with van der Waals surface area (Å²) in [5, 5.41) is 2.98. The summed E-state index contributed by atoms with van der Waals surface area (Å²) >= 11 is 3.48. The second kappa shape index (κ2) is 11.0. The molecular weight excluding hydrogens is 524 g/mol. The van der Waals surface area contributed by atoms with Crippen molar-refractivity contribution in [2.75, 3.05) is 6.61 Å². The Morgan fingerprint density at radius 1 is 1.08 bits per heavy atom. The van der Waals surface area contributed by atoms with E-state index in [1.54, 1.807) is 0 Å². The Hall–Kier alpha value is -2.87. The summed E-state index contributed by atoms with van der Waals surface area (Å²) in [7, 11) is 0. The van der Waals surface area contributed by atoms with Gasteiger partial charge in [0.15, 0.2) is 0 Å². The van der Waals surface area contributed by atoms with Gasteiger partial charge < -0.3 is 14.8 Å². The molecular formula is C28H33BrN2O5. The molecule has 192 valence electrons. The Morgan fingerprint density at radius 2 is 1.78 bits per heavy atom. The Morgan fingerprint density at radius 3 is 2.44 bits per heavy atom. The maximum absolute atomic E-state index is 13.9. The van der Waals surface area contributed by atoms with Crippen LogP contribution in [0.15, 0.2) is 59.1 Å². The van der Waals surface area contributed by atoms with Crippen LogP contribution < -0.4 is 5.32 Å². The minimum absolute atomic E-state index is 0.136. The number of carbonyl (C=O) groups excluding carboxylic acids is 3. The lowest BCUT2D eigenvalue weighted by Crippen LogP contribution is -2.49. The summed E-state index contributed by atoms with van der Waals surface area (Å²) in [6.45, 7) is 5.67. The number of benzene rings is 2. The van der Waals surface area contributed by atoms with E-state index >= 15 is 0 Å². The highest BCUT2D eigenvalue weighted by Gasteiger charge is 2.45. The summed E-state index contributed by atoms with van der Waals surface area (Å²) in [4.78, 5) is 40.3. The second-order valence-corrected chi connectivity index (χ2v) is 11.5. The number of halogens is 1. The summed E-state index contributed by atoms with van der Waals surface area (Å²) in [5.74, 6) is -0.765. The van der Waals surface area contributed by atoms with Gasteiger partial charge in [-0.3, -0.25) is 4.79 Å². The first-order chi connectivity index (χ1) is 17.1. The molecule has 4 rings (SSSR count). The van der Waals surface area contributed by atoms with Crippen LogP contribution in [-0.2, 0) is 20.7 Å². The Balaban J connectivity index is 1.54. The van der Waals surface area contributed by atoms with Gasteiger partial charge in [0.1, 0.15) is 12.2 Å². The molecule has 8 heteroatoms. The van der Waals surface area contributed by atoms with E-state index in [1.807, 2.05) is 75.4 Å². The minimum atomic E-state index is -0.591. The van der Waals surface area contributed by atoms with Gasteiger partial charge in [0, 0.05) is 16.4 Å². The van der Waals surface area contributed by atoms with Gasteiger partial charge in [0.05, 0.1) is 6.04 Å². The number of hydrogen-bond acceptors (Lipinski definition) is 5. The molecule has 3 amide bonds. The molecule has 0 bridgehead atoms. The van der Waals surface area contributed by atoms with E-state index in [-0.39, 0.29) is 30.5 Å². The average Bonchev–Trinajstić information content (AvgIpc) is 3.18.